The van der Waals surface area contributed by atoms with Crippen LogP contribution in [0.1, 0.15) is 5.56 Å². The van der Waals surface area contributed by atoms with Crippen molar-refractivity contribution >= 4 is 6.21 Å². The average Bonchev–Trinajstić information content (AvgIpc) is 2.27. The lowest BCUT2D eigenvalue weighted by atomic mass is 10.2. The number of nitrogens with zero attached hydrogens (tertiary/aromatic N) is 2. The van der Waals surface area contributed by atoms with Gasteiger partial charge in [-0.25, -0.2) is 0 Å². The van der Waals surface area contributed by atoms with Gasteiger partial charge < -0.3 is 14.7 Å². The van der Waals surface area contributed by atoms with E-state index in [1.54, 1.807) is 18.2 Å². The Bertz CT molecular complexity index is 396. The number of hydrogen-bond donors (Lipinski definition) is 1. The molecule has 0 amide bonds. The molecule has 0 radical (unpaired) electrons. The largest absolute Gasteiger partial charge is 0.493 e. The van der Waals surface area contributed by atoms with Crippen LogP contribution in [-0.2, 0) is 0 Å². The Balaban J connectivity index is 3.09. The lowest BCUT2D eigenvalue weighted by Gasteiger charge is -2.10. The Morgan fingerprint density at radius 3 is 3.00 bits per heavy atom. The second-order valence-corrected chi connectivity index (χ2v) is 2.57. The first-order valence-corrected chi connectivity index (χ1v) is 4.17. The van der Waals surface area contributed by atoms with Crippen LogP contribution in [0.3, 0.4) is 0 Å². The maximum Gasteiger partial charge on any atom is 0.174 e. The number of rotatable bonds is 4. The predicted octanol–water partition coefficient (Wildman–Crippen LogP) is 1.41. The van der Waals surface area contributed by atoms with Crippen molar-refractivity contribution in [3.8, 4) is 17.6 Å². The fraction of sp³-hybridized carbons (Fsp3) is 0.200. The van der Waals surface area contributed by atoms with Crippen molar-refractivity contribution in [1.29, 1.82) is 5.26 Å². The first-order valence-electron chi connectivity index (χ1n) is 4.17. The second kappa shape index (κ2) is 5.50. The molecule has 0 unspecified atom stereocenters. The van der Waals surface area contributed by atoms with Crippen LogP contribution in [0.2, 0.25) is 0 Å². The summed E-state index contributed by atoms with van der Waals surface area (Å²) >= 11 is 0. The Morgan fingerprint density at radius 1 is 1.60 bits per heavy atom. The molecule has 0 aromatic heterocycles. The van der Waals surface area contributed by atoms with Gasteiger partial charge in [-0.05, 0) is 12.1 Å². The molecule has 1 N–H and O–H groups in total. The van der Waals surface area contributed by atoms with Gasteiger partial charge in [0.2, 0.25) is 0 Å². The summed E-state index contributed by atoms with van der Waals surface area (Å²) < 4.78 is 10.2. The summed E-state index contributed by atoms with van der Waals surface area (Å²) in [5, 5.41) is 19.8. The third-order valence-electron chi connectivity index (χ3n) is 1.71. The van der Waals surface area contributed by atoms with E-state index in [0.29, 0.717) is 17.1 Å². The maximum absolute atomic E-state index is 8.44. The Kier molecular flexibility index (Phi) is 3.98. The highest BCUT2D eigenvalue weighted by Crippen LogP contribution is 2.29. The van der Waals surface area contributed by atoms with Crippen molar-refractivity contribution in [2.24, 2.45) is 5.16 Å². The topological polar surface area (TPSA) is 74.8 Å². The van der Waals surface area contributed by atoms with Gasteiger partial charge in [0, 0.05) is 5.56 Å². The van der Waals surface area contributed by atoms with E-state index in [9.17, 15) is 0 Å². The summed E-state index contributed by atoms with van der Waals surface area (Å²) in [4.78, 5) is 0. The number of ether oxygens (including phenoxy) is 2. The van der Waals surface area contributed by atoms with E-state index in [1.807, 2.05) is 6.07 Å². The summed E-state index contributed by atoms with van der Waals surface area (Å²) in [6.07, 6.45) is 1.22. The van der Waals surface area contributed by atoms with Gasteiger partial charge in [-0.1, -0.05) is 11.2 Å². The fourth-order valence-corrected chi connectivity index (χ4v) is 1.12. The van der Waals surface area contributed by atoms with Crippen LogP contribution < -0.4 is 9.47 Å². The molecule has 5 heteroatoms. The fourth-order valence-electron chi connectivity index (χ4n) is 1.12. The van der Waals surface area contributed by atoms with Gasteiger partial charge in [0.1, 0.15) is 6.07 Å². The third-order valence-corrected chi connectivity index (χ3v) is 1.71. The molecular formula is C10H10N2O3. The molecule has 78 valence electrons. The standard InChI is InChI=1S/C10H10N2O3/c1-14-9-4-2-3-8(7-12-13)10(9)15-6-5-11/h2-4,7,13H,6H2,1H3/b12-7+. The minimum absolute atomic E-state index is 0.0906. The van der Waals surface area contributed by atoms with Crippen LogP contribution in [0.5, 0.6) is 11.5 Å². The molecular weight excluding hydrogens is 196 g/mol. The normalized spacial score (nSPS) is 9.87. The SMILES string of the molecule is COc1cccc(/C=N/O)c1OCC#N. The molecule has 0 saturated carbocycles. The number of hydrogen-bond acceptors (Lipinski definition) is 5. The number of oxime groups is 1. The van der Waals surface area contributed by atoms with E-state index in [-0.39, 0.29) is 6.61 Å². The number of methoxy groups -OCH3 is 1. The quantitative estimate of drug-likeness (QED) is 0.459. The van der Waals surface area contributed by atoms with Crippen molar-refractivity contribution < 1.29 is 14.7 Å². The summed E-state index contributed by atoms with van der Waals surface area (Å²) in [6, 6.07) is 6.97. The molecule has 1 aromatic carbocycles. The van der Waals surface area contributed by atoms with E-state index in [4.69, 9.17) is 19.9 Å². The molecule has 0 aliphatic rings. The van der Waals surface area contributed by atoms with Crippen LogP contribution in [0, 0.1) is 11.3 Å². The zero-order valence-corrected chi connectivity index (χ0v) is 8.17. The van der Waals surface area contributed by atoms with Crippen LogP contribution in [0.15, 0.2) is 23.4 Å². The second-order valence-electron chi connectivity index (χ2n) is 2.57. The minimum Gasteiger partial charge on any atom is -0.493 e. The Morgan fingerprint density at radius 2 is 2.40 bits per heavy atom. The zero-order valence-electron chi connectivity index (χ0n) is 8.17. The number of para-hydroxylation sites is 1. The summed E-state index contributed by atoms with van der Waals surface area (Å²) in [6.45, 7) is -0.0906. The monoisotopic (exact) mass is 206 g/mol. The van der Waals surface area contributed by atoms with Gasteiger partial charge >= 0.3 is 0 Å². The average molecular weight is 206 g/mol. The summed E-state index contributed by atoms with van der Waals surface area (Å²) in [7, 11) is 1.49. The molecule has 0 fully saturated rings. The first kappa shape index (κ1) is 10.9. The van der Waals surface area contributed by atoms with Crippen molar-refractivity contribution in [2.45, 2.75) is 0 Å². The highest BCUT2D eigenvalue weighted by molar-refractivity contribution is 5.84. The molecule has 1 aromatic rings. The molecule has 5 nitrogen and oxygen atoms in total. The molecule has 0 heterocycles. The lowest BCUT2D eigenvalue weighted by molar-refractivity contribution is 0.319. The smallest absolute Gasteiger partial charge is 0.174 e. The van der Waals surface area contributed by atoms with Crippen LogP contribution in [-0.4, -0.2) is 25.1 Å². The van der Waals surface area contributed by atoms with Gasteiger partial charge in [-0.2, -0.15) is 5.26 Å². The Hall–Kier alpha value is -2.22. The maximum atomic E-state index is 8.44. The van der Waals surface area contributed by atoms with Gasteiger partial charge in [-0.15, -0.1) is 0 Å². The number of nitriles is 1. The van der Waals surface area contributed by atoms with Gasteiger partial charge in [0.25, 0.3) is 0 Å². The molecule has 0 aliphatic carbocycles. The molecule has 0 spiro atoms. The van der Waals surface area contributed by atoms with Crippen LogP contribution in [0.25, 0.3) is 0 Å². The van der Waals surface area contributed by atoms with E-state index in [1.165, 1.54) is 13.3 Å². The van der Waals surface area contributed by atoms with E-state index in [2.05, 4.69) is 5.16 Å². The molecule has 0 aliphatic heterocycles. The summed E-state index contributed by atoms with van der Waals surface area (Å²) in [5.41, 5.74) is 0.548. The minimum atomic E-state index is -0.0906. The number of benzene rings is 1. The highest BCUT2D eigenvalue weighted by Gasteiger charge is 2.08. The van der Waals surface area contributed by atoms with E-state index < -0.39 is 0 Å². The van der Waals surface area contributed by atoms with Crippen LogP contribution in [0.4, 0.5) is 0 Å². The summed E-state index contributed by atoms with van der Waals surface area (Å²) in [5.74, 6) is 0.877. The van der Waals surface area contributed by atoms with Crippen molar-refractivity contribution in [2.75, 3.05) is 13.7 Å². The van der Waals surface area contributed by atoms with Crippen LogP contribution >= 0.6 is 0 Å². The van der Waals surface area contributed by atoms with Gasteiger partial charge in [-0.3, -0.25) is 0 Å². The van der Waals surface area contributed by atoms with E-state index in [0.717, 1.165) is 0 Å². The Labute approximate surface area is 87.2 Å². The van der Waals surface area contributed by atoms with Gasteiger partial charge in [0.15, 0.2) is 18.1 Å². The molecule has 15 heavy (non-hydrogen) atoms. The van der Waals surface area contributed by atoms with Gasteiger partial charge in [0.05, 0.1) is 13.3 Å². The lowest BCUT2D eigenvalue weighted by Crippen LogP contribution is -2.00. The van der Waals surface area contributed by atoms with Crippen molar-refractivity contribution in [3.05, 3.63) is 23.8 Å². The van der Waals surface area contributed by atoms with Crippen molar-refractivity contribution in [1.82, 2.24) is 0 Å². The third kappa shape index (κ3) is 2.61. The highest BCUT2D eigenvalue weighted by atomic mass is 16.5. The first-order chi connectivity index (χ1) is 7.33. The molecule has 0 saturated heterocycles. The predicted molar refractivity (Wildman–Crippen MR) is 53.5 cm³/mol. The molecule has 0 bridgehead atoms. The molecule has 1 rings (SSSR count). The molecule has 0 atom stereocenters. The zero-order chi connectivity index (χ0) is 11.1. The van der Waals surface area contributed by atoms with Crippen molar-refractivity contribution in [3.63, 3.8) is 0 Å². The van der Waals surface area contributed by atoms with E-state index >= 15 is 0 Å².